The number of aryl methyl sites for hydroxylation is 1. The highest BCUT2D eigenvalue weighted by molar-refractivity contribution is 7.80. The van der Waals surface area contributed by atoms with Crippen LogP contribution in [0, 0.1) is 6.92 Å². The van der Waals surface area contributed by atoms with E-state index in [2.05, 4.69) is 5.32 Å². The van der Waals surface area contributed by atoms with Crippen molar-refractivity contribution < 1.29 is 0 Å². The van der Waals surface area contributed by atoms with Crippen molar-refractivity contribution in [2.45, 2.75) is 6.92 Å². The summed E-state index contributed by atoms with van der Waals surface area (Å²) in [7, 11) is 1.67. The van der Waals surface area contributed by atoms with Gasteiger partial charge in [-0.05, 0) is 36.8 Å². The second-order valence-electron chi connectivity index (χ2n) is 3.02. The van der Waals surface area contributed by atoms with Gasteiger partial charge in [0, 0.05) is 7.05 Å². The van der Waals surface area contributed by atoms with E-state index in [4.69, 9.17) is 29.7 Å². The number of nitrogens with zero attached hydrogens (tertiary/aromatic N) is 1. The Balaban J connectivity index is 2.86. The van der Waals surface area contributed by atoms with Crippen molar-refractivity contribution in [2.75, 3.05) is 12.4 Å². The minimum Gasteiger partial charge on any atom is -0.330 e. The maximum atomic E-state index is 5.96. The van der Waals surface area contributed by atoms with Gasteiger partial charge in [0.05, 0.1) is 10.7 Å². The molecule has 1 aromatic rings. The van der Waals surface area contributed by atoms with Crippen molar-refractivity contribution in [1.82, 2.24) is 5.01 Å². The number of hydrazine groups is 1. The van der Waals surface area contributed by atoms with Gasteiger partial charge in [-0.2, -0.15) is 0 Å². The third kappa shape index (κ3) is 2.83. The van der Waals surface area contributed by atoms with E-state index in [-0.39, 0.29) is 0 Å². The zero-order valence-corrected chi connectivity index (χ0v) is 9.62. The lowest BCUT2D eigenvalue weighted by atomic mass is 10.2. The predicted molar refractivity (Wildman–Crippen MR) is 64.4 cm³/mol. The number of rotatable bonds is 1. The first-order chi connectivity index (χ1) is 6.50. The minimum atomic E-state index is 0.428. The van der Waals surface area contributed by atoms with Crippen LogP contribution < -0.4 is 11.2 Å². The van der Waals surface area contributed by atoms with Crippen LogP contribution in [-0.2, 0) is 0 Å². The topological polar surface area (TPSA) is 41.3 Å². The Hall–Kier alpha value is -0.840. The Labute approximate surface area is 93.8 Å². The maximum absolute atomic E-state index is 5.96. The molecule has 0 bridgehead atoms. The number of hydrogen-bond acceptors (Lipinski definition) is 2. The zero-order valence-electron chi connectivity index (χ0n) is 8.04. The highest BCUT2D eigenvalue weighted by Crippen LogP contribution is 2.22. The summed E-state index contributed by atoms with van der Waals surface area (Å²) in [5.41, 5.74) is 1.88. The zero-order chi connectivity index (χ0) is 10.7. The summed E-state index contributed by atoms with van der Waals surface area (Å²) >= 11 is 11.0. The molecule has 5 heteroatoms. The van der Waals surface area contributed by atoms with Gasteiger partial charge in [0.2, 0.25) is 0 Å². The van der Waals surface area contributed by atoms with E-state index in [0.29, 0.717) is 10.1 Å². The molecule has 0 unspecified atom stereocenters. The maximum Gasteiger partial charge on any atom is 0.187 e. The van der Waals surface area contributed by atoms with E-state index in [1.165, 1.54) is 5.01 Å². The number of anilines is 1. The molecule has 1 rings (SSSR count). The van der Waals surface area contributed by atoms with Gasteiger partial charge in [-0.15, -0.1) is 0 Å². The highest BCUT2D eigenvalue weighted by atomic mass is 35.5. The van der Waals surface area contributed by atoms with Gasteiger partial charge >= 0.3 is 0 Å². The molecule has 0 atom stereocenters. The molecule has 3 nitrogen and oxygen atoms in total. The number of halogens is 1. The van der Waals surface area contributed by atoms with Crippen LogP contribution in [0.2, 0.25) is 5.02 Å². The van der Waals surface area contributed by atoms with Crippen LogP contribution in [0.1, 0.15) is 5.56 Å². The molecule has 14 heavy (non-hydrogen) atoms. The van der Waals surface area contributed by atoms with Crippen LogP contribution in [-0.4, -0.2) is 17.2 Å². The van der Waals surface area contributed by atoms with E-state index in [1.807, 2.05) is 25.1 Å². The van der Waals surface area contributed by atoms with Gasteiger partial charge in [0.25, 0.3) is 0 Å². The fourth-order valence-corrected chi connectivity index (χ4v) is 1.21. The van der Waals surface area contributed by atoms with E-state index < -0.39 is 0 Å². The Morgan fingerprint density at radius 1 is 1.57 bits per heavy atom. The molecule has 0 aliphatic heterocycles. The molecule has 0 aromatic heterocycles. The molecule has 76 valence electrons. The fraction of sp³-hybridized carbons (Fsp3) is 0.222. The van der Waals surface area contributed by atoms with Crippen molar-refractivity contribution in [3.63, 3.8) is 0 Å². The van der Waals surface area contributed by atoms with Crippen LogP contribution in [0.3, 0.4) is 0 Å². The lowest BCUT2D eigenvalue weighted by molar-refractivity contribution is 0.548. The number of thiocarbonyl (C=S) groups is 1. The molecule has 0 saturated heterocycles. The number of nitrogens with one attached hydrogen (secondary N) is 1. The molecule has 0 heterocycles. The predicted octanol–water partition coefficient (Wildman–Crippen LogP) is 2.15. The third-order valence-electron chi connectivity index (χ3n) is 1.68. The first-order valence-corrected chi connectivity index (χ1v) is 4.85. The first-order valence-electron chi connectivity index (χ1n) is 4.06. The largest absolute Gasteiger partial charge is 0.330 e. The average Bonchev–Trinajstić information content (AvgIpc) is 2.11. The molecule has 0 amide bonds. The molecule has 0 aliphatic carbocycles. The summed E-state index contributed by atoms with van der Waals surface area (Å²) in [6, 6.07) is 5.67. The van der Waals surface area contributed by atoms with E-state index in [0.717, 1.165) is 11.3 Å². The molecular formula is C9H12ClN3S. The van der Waals surface area contributed by atoms with Gasteiger partial charge in [-0.25, -0.2) is 5.84 Å². The van der Waals surface area contributed by atoms with Gasteiger partial charge in [-0.3, -0.25) is 5.01 Å². The van der Waals surface area contributed by atoms with E-state index in [1.54, 1.807) is 7.05 Å². The Morgan fingerprint density at radius 3 is 2.79 bits per heavy atom. The normalized spacial score (nSPS) is 9.71. The molecule has 0 radical (unpaired) electrons. The van der Waals surface area contributed by atoms with Crippen LogP contribution >= 0.6 is 23.8 Å². The Bertz CT molecular complexity index is 352. The molecule has 0 spiro atoms. The van der Waals surface area contributed by atoms with Gasteiger partial charge in [0.15, 0.2) is 5.11 Å². The number of nitrogens with two attached hydrogens (primary N) is 1. The summed E-state index contributed by atoms with van der Waals surface area (Å²) < 4.78 is 0. The quantitative estimate of drug-likeness (QED) is 0.440. The van der Waals surface area contributed by atoms with Crippen LogP contribution in [0.25, 0.3) is 0 Å². The minimum absolute atomic E-state index is 0.428. The fourth-order valence-electron chi connectivity index (χ4n) is 0.938. The Morgan fingerprint density at radius 2 is 2.21 bits per heavy atom. The van der Waals surface area contributed by atoms with Gasteiger partial charge in [0.1, 0.15) is 0 Å². The molecule has 3 N–H and O–H groups in total. The monoisotopic (exact) mass is 229 g/mol. The summed E-state index contributed by atoms with van der Waals surface area (Å²) in [6.07, 6.45) is 0. The summed E-state index contributed by atoms with van der Waals surface area (Å²) in [5.74, 6) is 5.46. The number of hydrogen-bond donors (Lipinski definition) is 2. The summed E-state index contributed by atoms with van der Waals surface area (Å²) in [5, 5.41) is 5.33. The highest BCUT2D eigenvalue weighted by Gasteiger charge is 2.04. The van der Waals surface area contributed by atoms with Crippen LogP contribution in [0.15, 0.2) is 18.2 Å². The van der Waals surface area contributed by atoms with Crippen LogP contribution in [0.4, 0.5) is 5.69 Å². The van der Waals surface area contributed by atoms with Gasteiger partial charge in [-0.1, -0.05) is 17.7 Å². The van der Waals surface area contributed by atoms with Crippen molar-refractivity contribution >= 4 is 34.6 Å². The second kappa shape index (κ2) is 4.59. The lowest BCUT2D eigenvalue weighted by Crippen LogP contribution is -2.36. The third-order valence-corrected chi connectivity index (χ3v) is 2.40. The lowest BCUT2D eigenvalue weighted by Gasteiger charge is -2.16. The standard InChI is InChI=1S/C9H12ClN3S/c1-6-3-4-7(10)8(5-6)12-9(14)13(2)11/h3-5H,11H2,1-2H3,(H,12,14). The summed E-state index contributed by atoms with van der Waals surface area (Å²) in [6.45, 7) is 1.98. The van der Waals surface area contributed by atoms with Crippen molar-refractivity contribution in [2.24, 2.45) is 5.84 Å². The average molecular weight is 230 g/mol. The van der Waals surface area contributed by atoms with Gasteiger partial charge < -0.3 is 5.32 Å². The summed E-state index contributed by atoms with van der Waals surface area (Å²) in [4.78, 5) is 0. The molecule has 0 aliphatic rings. The van der Waals surface area contributed by atoms with Crippen LogP contribution in [0.5, 0.6) is 0 Å². The van der Waals surface area contributed by atoms with Crippen molar-refractivity contribution in [3.05, 3.63) is 28.8 Å². The SMILES string of the molecule is Cc1ccc(Cl)c(NC(=S)N(C)N)c1. The smallest absolute Gasteiger partial charge is 0.187 e. The number of benzene rings is 1. The first kappa shape index (κ1) is 11.2. The molecule has 1 aromatic carbocycles. The van der Waals surface area contributed by atoms with E-state index in [9.17, 15) is 0 Å². The second-order valence-corrected chi connectivity index (χ2v) is 3.82. The van der Waals surface area contributed by atoms with Crippen molar-refractivity contribution in [1.29, 1.82) is 0 Å². The van der Waals surface area contributed by atoms with Crippen molar-refractivity contribution in [3.8, 4) is 0 Å². The Kier molecular flexibility index (Phi) is 3.69. The molecule has 0 saturated carbocycles. The van der Waals surface area contributed by atoms with E-state index >= 15 is 0 Å². The molecular weight excluding hydrogens is 218 g/mol. The molecule has 0 fully saturated rings.